The third-order valence-electron chi connectivity index (χ3n) is 3.97. The molecule has 0 spiro atoms. The highest BCUT2D eigenvalue weighted by Gasteiger charge is 2.16. The Balaban J connectivity index is 1.89. The predicted octanol–water partition coefficient (Wildman–Crippen LogP) is 5.99. The Morgan fingerprint density at radius 1 is 1.12 bits per heavy atom. The zero-order valence-electron chi connectivity index (χ0n) is 13.4. The molecule has 0 radical (unpaired) electrons. The number of hydrogen-bond donors (Lipinski definition) is 1. The van der Waals surface area contributed by atoms with Gasteiger partial charge in [0.1, 0.15) is 11.5 Å². The lowest BCUT2D eigenvalue weighted by molar-refractivity contribution is 0.112. The van der Waals surface area contributed by atoms with E-state index >= 15 is 0 Å². The van der Waals surface area contributed by atoms with Crippen LogP contribution in [-0.4, -0.2) is 16.3 Å². The number of aldehydes is 1. The van der Waals surface area contributed by atoms with Crippen molar-refractivity contribution in [2.24, 2.45) is 0 Å². The number of benzene rings is 2. The molecule has 0 bridgehead atoms. The van der Waals surface area contributed by atoms with Gasteiger partial charge >= 0.3 is 0 Å². The number of fused-ring (bicyclic) bond motifs is 1. The zero-order valence-corrected chi connectivity index (χ0v) is 14.9. The van der Waals surface area contributed by atoms with Crippen molar-refractivity contribution in [1.29, 1.82) is 0 Å². The average Bonchev–Trinajstić information content (AvgIpc) is 3.02. The summed E-state index contributed by atoms with van der Waals surface area (Å²) in [4.78, 5) is 20.7. The first-order chi connectivity index (χ1) is 12.7. The van der Waals surface area contributed by atoms with Crippen molar-refractivity contribution in [3.05, 3.63) is 77.2 Å². The van der Waals surface area contributed by atoms with Crippen LogP contribution in [0.4, 0.5) is 4.39 Å². The molecule has 0 aliphatic carbocycles. The van der Waals surface area contributed by atoms with Gasteiger partial charge in [-0.15, -0.1) is 0 Å². The smallest absolute Gasteiger partial charge is 0.153 e. The number of carbonyl (C=O) groups is 1. The highest BCUT2D eigenvalue weighted by molar-refractivity contribution is 7.99. The summed E-state index contributed by atoms with van der Waals surface area (Å²) in [5.74, 6) is -0.537. The van der Waals surface area contributed by atoms with Crippen LogP contribution >= 0.6 is 23.4 Å². The van der Waals surface area contributed by atoms with Gasteiger partial charge in [-0.2, -0.15) is 0 Å². The predicted molar refractivity (Wildman–Crippen MR) is 102 cm³/mol. The Bertz CT molecular complexity index is 1110. The van der Waals surface area contributed by atoms with Crippen LogP contribution in [0.1, 0.15) is 10.4 Å². The summed E-state index contributed by atoms with van der Waals surface area (Å²) in [6.45, 7) is 0. The Hall–Kier alpha value is -2.63. The molecule has 0 saturated carbocycles. The van der Waals surface area contributed by atoms with Gasteiger partial charge in [0.2, 0.25) is 0 Å². The molecule has 4 rings (SSSR count). The summed E-state index contributed by atoms with van der Waals surface area (Å²) in [6.07, 6.45) is 2.23. The number of pyridine rings is 1. The number of aromatic nitrogens is 2. The summed E-state index contributed by atoms with van der Waals surface area (Å²) >= 11 is 7.53. The lowest BCUT2D eigenvalue weighted by atomic mass is 10.1. The number of nitrogens with one attached hydrogen (secondary N) is 1. The first kappa shape index (κ1) is 16.8. The van der Waals surface area contributed by atoms with Crippen LogP contribution in [-0.2, 0) is 0 Å². The molecule has 0 atom stereocenters. The molecular weight excluding hydrogens is 371 g/mol. The molecule has 26 heavy (non-hydrogen) atoms. The molecule has 0 aliphatic rings. The monoisotopic (exact) mass is 382 g/mol. The topological polar surface area (TPSA) is 45.8 Å². The van der Waals surface area contributed by atoms with Crippen LogP contribution in [0.2, 0.25) is 5.02 Å². The van der Waals surface area contributed by atoms with Gasteiger partial charge in [-0.25, -0.2) is 9.37 Å². The van der Waals surface area contributed by atoms with Gasteiger partial charge < -0.3 is 4.98 Å². The van der Waals surface area contributed by atoms with Crippen molar-refractivity contribution in [3.63, 3.8) is 0 Å². The molecule has 3 nitrogen and oxygen atoms in total. The summed E-state index contributed by atoms with van der Waals surface area (Å²) in [6, 6.07) is 15.9. The van der Waals surface area contributed by atoms with E-state index in [9.17, 15) is 9.18 Å². The van der Waals surface area contributed by atoms with Gasteiger partial charge in [-0.1, -0.05) is 23.4 Å². The van der Waals surface area contributed by atoms with E-state index in [1.807, 2.05) is 36.4 Å². The van der Waals surface area contributed by atoms with Crippen LogP contribution in [0.3, 0.4) is 0 Å². The van der Waals surface area contributed by atoms with Gasteiger partial charge in [0.15, 0.2) is 6.29 Å². The Kier molecular flexibility index (Phi) is 4.49. The second-order valence-electron chi connectivity index (χ2n) is 5.64. The highest BCUT2D eigenvalue weighted by atomic mass is 35.5. The van der Waals surface area contributed by atoms with E-state index in [2.05, 4.69) is 9.97 Å². The first-order valence-electron chi connectivity index (χ1n) is 7.81. The van der Waals surface area contributed by atoms with Gasteiger partial charge in [-0.3, -0.25) is 4.79 Å². The van der Waals surface area contributed by atoms with E-state index < -0.39 is 5.82 Å². The lowest BCUT2D eigenvalue weighted by Crippen LogP contribution is -1.89. The fraction of sp³-hybridized carbons (Fsp3) is 0. The standard InChI is InChI=1S/C20H12ClFN2OS/c21-14-4-6-15(7-5-14)26-19-16-2-1-9-23-20(16)24-18(19)12-3-8-17(22)13(10-12)11-25/h1-11H,(H,23,24). The van der Waals surface area contributed by atoms with Crippen LogP contribution in [0.25, 0.3) is 22.3 Å². The minimum atomic E-state index is -0.537. The molecule has 0 unspecified atom stereocenters. The van der Waals surface area contributed by atoms with E-state index in [1.54, 1.807) is 30.1 Å². The van der Waals surface area contributed by atoms with Crippen LogP contribution in [0.5, 0.6) is 0 Å². The summed E-state index contributed by atoms with van der Waals surface area (Å²) < 4.78 is 13.7. The third-order valence-corrected chi connectivity index (χ3v) is 5.36. The fourth-order valence-corrected chi connectivity index (χ4v) is 3.90. The number of rotatable bonds is 4. The second kappa shape index (κ2) is 6.94. The summed E-state index contributed by atoms with van der Waals surface area (Å²) in [7, 11) is 0. The van der Waals surface area contributed by atoms with E-state index in [0.29, 0.717) is 11.3 Å². The van der Waals surface area contributed by atoms with Gasteiger partial charge in [0.05, 0.1) is 11.3 Å². The largest absolute Gasteiger partial charge is 0.338 e. The van der Waals surface area contributed by atoms with Crippen LogP contribution in [0.15, 0.2) is 70.6 Å². The zero-order chi connectivity index (χ0) is 18.1. The Morgan fingerprint density at radius 2 is 1.92 bits per heavy atom. The minimum absolute atomic E-state index is 0.0246. The second-order valence-corrected chi connectivity index (χ2v) is 7.16. The highest BCUT2D eigenvalue weighted by Crippen LogP contribution is 2.41. The number of halogens is 2. The minimum Gasteiger partial charge on any atom is -0.338 e. The Labute approximate surface area is 158 Å². The van der Waals surface area contributed by atoms with Crippen molar-refractivity contribution >= 4 is 40.7 Å². The third kappa shape index (κ3) is 3.11. The Morgan fingerprint density at radius 3 is 2.69 bits per heavy atom. The van der Waals surface area contributed by atoms with Crippen molar-refractivity contribution < 1.29 is 9.18 Å². The lowest BCUT2D eigenvalue weighted by Gasteiger charge is -2.06. The van der Waals surface area contributed by atoms with Crippen LogP contribution < -0.4 is 0 Å². The molecule has 0 aliphatic heterocycles. The molecule has 2 aromatic heterocycles. The van der Waals surface area contributed by atoms with Crippen molar-refractivity contribution in [2.75, 3.05) is 0 Å². The van der Waals surface area contributed by atoms with Crippen molar-refractivity contribution in [1.82, 2.24) is 9.97 Å². The molecular formula is C20H12ClFN2OS. The van der Waals surface area contributed by atoms with E-state index in [0.717, 1.165) is 32.1 Å². The molecule has 2 heterocycles. The number of aromatic amines is 1. The van der Waals surface area contributed by atoms with Crippen molar-refractivity contribution in [3.8, 4) is 11.3 Å². The molecule has 0 fully saturated rings. The van der Waals surface area contributed by atoms with Gasteiger partial charge in [0, 0.05) is 32.0 Å². The summed E-state index contributed by atoms with van der Waals surface area (Å²) in [5, 5.41) is 1.63. The van der Waals surface area contributed by atoms with Gasteiger partial charge in [0.25, 0.3) is 0 Å². The number of carbonyl (C=O) groups excluding carboxylic acids is 1. The SMILES string of the molecule is O=Cc1cc(-c2[nH]c3ncccc3c2Sc2ccc(Cl)cc2)ccc1F. The number of hydrogen-bond acceptors (Lipinski definition) is 3. The summed E-state index contributed by atoms with van der Waals surface area (Å²) in [5.41, 5.74) is 2.28. The van der Waals surface area contributed by atoms with Crippen molar-refractivity contribution in [2.45, 2.75) is 9.79 Å². The maximum absolute atomic E-state index is 13.7. The maximum atomic E-state index is 13.7. The van der Waals surface area contributed by atoms with E-state index in [-0.39, 0.29) is 5.56 Å². The van der Waals surface area contributed by atoms with E-state index in [1.165, 1.54) is 6.07 Å². The van der Waals surface area contributed by atoms with Gasteiger partial charge in [-0.05, 0) is 54.6 Å². The van der Waals surface area contributed by atoms with Crippen LogP contribution in [0, 0.1) is 5.82 Å². The molecule has 4 aromatic rings. The quantitative estimate of drug-likeness (QED) is 0.441. The first-order valence-corrected chi connectivity index (χ1v) is 9.00. The average molecular weight is 383 g/mol. The fourth-order valence-electron chi connectivity index (χ4n) is 2.72. The number of H-pyrrole nitrogens is 1. The molecule has 0 saturated heterocycles. The molecule has 2 aromatic carbocycles. The van der Waals surface area contributed by atoms with E-state index in [4.69, 9.17) is 11.6 Å². The molecule has 1 N–H and O–H groups in total. The maximum Gasteiger partial charge on any atom is 0.153 e. The number of nitrogens with zero attached hydrogens (tertiary/aromatic N) is 1. The normalized spacial score (nSPS) is 11.0. The molecule has 0 amide bonds. The molecule has 6 heteroatoms. The molecule has 128 valence electrons.